The molecular formula is C11H21N3. The minimum atomic E-state index is 0.165. The standard InChI is InChI=1S/C11H21N3/c1-9-8-14(11(2,3)4)10(5-6-12)7-13-9/h9-10,13H,5,7-8H2,1-4H3. The highest BCUT2D eigenvalue weighted by atomic mass is 15.3. The van der Waals surface area contributed by atoms with Crippen LogP contribution < -0.4 is 5.32 Å². The van der Waals surface area contributed by atoms with Crippen molar-refractivity contribution in [3.8, 4) is 6.07 Å². The van der Waals surface area contributed by atoms with Crippen molar-refractivity contribution < 1.29 is 0 Å². The highest BCUT2D eigenvalue weighted by Gasteiger charge is 2.32. The van der Waals surface area contributed by atoms with E-state index in [1.165, 1.54) is 0 Å². The van der Waals surface area contributed by atoms with E-state index in [-0.39, 0.29) is 5.54 Å². The van der Waals surface area contributed by atoms with E-state index in [2.05, 4.69) is 44.0 Å². The first-order chi connectivity index (χ1) is 6.45. The lowest BCUT2D eigenvalue weighted by Crippen LogP contribution is -2.61. The molecule has 2 atom stereocenters. The number of hydrogen-bond donors (Lipinski definition) is 1. The Morgan fingerprint density at radius 3 is 2.64 bits per heavy atom. The fourth-order valence-electron chi connectivity index (χ4n) is 2.07. The Kier molecular flexibility index (Phi) is 3.52. The fourth-order valence-corrected chi connectivity index (χ4v) is 2.07. The summed E-state index contributed by atoms with van der Waals surface area (Å²) in [6.45, 7) is 10.8. The molecule has 1 aliphatic rings. The van der Waals surface area contributed by atoms with Crippen molar-refractivity contribution in [3.63, 3.8) is 0 Å². The van der Waals surface area contributed by atoms with Crippen molar-refractivity contribution in [1.82, 2.24) is 10.2 Å². The Morgan fingerprint density at radius 1 is 1.50 bits per heavy atom. The van der Waals surface area contributed by atoms with Crippen LogP contribution in [0.1, 0.15) is 34.1 Å². The maximum absolute atomic E-state index is 8.76. The average molecular weight is 195 g/mol. The molecule has 0 amide bonds. The van der Waals surface area contributed by atoms with Crippen molar-refractivity contribution in [2.75, 3.05) is 13.1 Å². The van der Waals surface area contributed by atoms with Crippen molar-refractivity contribution in [3.05, 3.63) is 0 Å². The van der Waals surface area contributed by atoms with Crippen LogP contribution in [0.4, 0.5) is 0 Å². The maximum atomic E-state index is 8.76. The molecule has 1 fully saturated rings. The highest BCUT2D eigenvalue weighted by Crippen LogP contribution is 2.21. The van der Waals surface area contributed by atoms with E-state index in [1.807, 2.05) is 0 Å². The van der Waals surface area contributed by atoms with Crippen molar-refractivity contribution in [1.29, 1.82) is 5.26 Å². The first kappa shape index (κ1) is 11.5. The zero-order valence-corrected chi connectivity index (χ0v) is 9.67. The van der Waals surface area contributed by atoms with Gasteiger partial charge in [0, 0.05) is 30.7 Å². The van der Waals surface area contributed by atoms with Gasteiger partial charge in [-0.15, -0.1) is 0 Å². The first-order valence-corrected chi connectivity index (χ1v) is 5.32. The normalized spacial score (nSPS) is 29.9. The molecule has 1 aliphatic heterocycles. The average Bonchev–Trinajstić information content (AvgIpc) is 2.07. The van der Waals surface area contributed by atoms with Gasteiger partial charge in [0.25, 0.3) is 0 Å². The zero-order valence-electron chi connectivity index (χ0n) is 9.67. The van der Waals surface area contributed by atoms with Crippen LogP contribution in [-0.2, 0) is 0 Å². The van der Waals surface area contributed by atoms with Crippen molar-refractivity contribution >= 4 is 0 Å². The van der Waals surface area contributed by atoms with Crippen molar-refractivity contribution in [2.45, 2.75) is 51.7 Å². The lowest BCUT2D eigenvalue weighted by Gasteiger charge is -2.46. The predicted octanol–water partition coefficient (Wildman–Crippen LogP) is 1.36. The molecule has 0 aromatic heterocycles. The number of rotatable bonds is 1. The second-order valence-electron chi connectivity index (χ2n) is 5.15. The second-order valence-corrected chi connectivity index (χ2v) is 5.15. The van der Waals surface area contributed by atoms with E-state index in [1.54, 1.807) is 0 Å². The van der Waals surface area contributed by atoms with Gasteiger partial charge < -0.3 is 5.32 Å². The molecular weight excluding hydrogens is 174 g/mol. The van der Waals surface area contributed by atoms with Gasteiger partial charge >= 0.3 is 0 Å². The third kappa shape index (κ3) is 2.70. The molecule has 1 saturated heterocycles. The largest absolute Gasteiger partial charge is 0.311 e. The Labute approximate surface area is 87.1 Å². The zero-order chi connectivity index (χ0) is 10.8. The van der Waals surface area contributed by atoms with Gasteiger partial charge in [0.05, 0.1) is 12.5 Å². The summed E-state index contributed by atoms with van der Waals surface area (Å²) in [4.78, 5) is 2.44. The molecule has 3 heteroatoms. The smallest absolute Gasteiger partial charge is 0.0638 e. The number of hydrogen-bond acceptors (Lipinski definition) is 3. The molecule has 80 valence electrons. The third-order valence-corrected chi connectivity index (χ3v) is 2.80. The summed E-state index contributed by atoms with van der Waals surface area (Å²) in [7, 11) is 0. The highest BCUT2D eigenvalue weighted by molar-refractivity contribution is 4.94. The Hall–Kier alpha value is -0.590. The van der Waals surface area contributed by atoms with Gasteiger partial charge in [-0.1, -0.05) is 0 Å². The summed E-state index contributed by atoms with van der Waals surface area (Å²) in [5.74, 6) is 0. The number of nitriles is 1. The minimum Gasteiger partial charge on any atom is -0.311 e. The summed E-state index contributed by atoms with van der Waals surface area (Å²) < 4.78 is 0. The molecule has 0 radical (unpaired) electrons. The van der Waals surface area contributed by atoms with Crippen LogP contribution in [0, 0.1) is 11.3 Å². The summed E-state index contributed by atoms with van der Waals surface area (Å²) in [6, 6.07) is 3.18. The molecule has 2 unspecified atom stereocenters. The van der Waals surface area contributed by atoms with Crippen LogP contribution in [0.15, 0.2) is 0 Å². The van der Waals surface area contributed by atoms with Crippen LogP contribution in [0.3, 0.4) is 0 Å². The molecule has 1 N–H and O–H groups in total. The van der Waals surface area contributed by atoms with Gasteiger partial charge in [0.1, 0.15) is 0 Å². The Balaban J connectivity index is 2.69. The van der Waals surface area contributed by atoms with Crippen LogP contribution in [0.5, 0.6) is 0 Å². The van der Waals surface area contributed by atoms with E-state index < -0.39 is 0 Å². The molecule has 3 nitrogen and oxygen atoms in total. The molecule has 1 rings (SSSR count). The van der Waals surface area contributed by atoms with Crippen LogP contribution >= 0.6 is 0 Å². The van der Waals surface area contributed by atoms with E-state index in [0.29, 0.717) is 18.5 Å². The molecule has 0 spiro atoms. The maximum Gasteiger partial charge on any atom is 0.0638 e. The summed E-state index contributed by atoms with van der Waals surface area (Å²) >= 11 is 0. The number of nitrogens with zero attached hydrogens (tertiary/aromatic N) is 2. The SMILES string of the molecule is CC1CN(C(C)(C)C)C(CC#N)CN1. The quantitative estimate of drug-likeness (QED) is 0.686. The monoisotopic (exact) mass is 195 g/mol. The van der Waals surface area contributed by atoms with E-state index in [0.717, 1.165) is 13.1 Å². The molecule has 0 bridgehead atoms. The minimum absolute atomic E-state index is 0.165. The molecule has 0 aliphatic carbocycles. The van der Waals surface area contributed by atoms with Gasteiger partial charge in [-0.3, -0.25) is 4.90 Å². The third-order valence-electron chi connectivity index (χ3n) is 2.80. The van der Waals surface area contributed by atoms with Crippen LogP contribution in [0.2, 0.25) is 0 Å². The lowest BCUT2D eigenvalue weighted by atomic mass is 9.97. The molecule has 0 saturated carbocycles. The Bertz CT molecular complexity index is 224. The van der Waals surface area contributed by atoms with Crippen molar-refractivity contribution in [2.24, 2.45) is 0 Å². The van der Waals surface area contributed by atoms with Gasteiger partial charge in [0.2, 0.25) is 0 Å². The van der Waals surface area contributed by atoms with E-state index in [4.69, 9.17) is 5.26 Å². The fraction of sp³-hybridized carbons (Fsp3) is 0.909. The number of piperazine rings is 1. The van der Waals surface area contributed by atoms with Crippen LogP contribution in [0.25, 0.3) is 0 Å². The summed E-state index contributed by atoms with van der Waals surface area (Å²) in [5.41, 5.74) is 0.165. The molecule has 1 heterocycles. The predicted molar refractivity (Wildman–Crippen MR) is 57.9 cm³/mol. The van der Waals surface area contributed by atoms with Gasteiger partial charge in [0.15, 0.2) is 0 Å². The van der Waals surface area contributed by atoms with E-state index in [9.17, 15) is 0 Å². The Morgan fingerprint density at radius 2 is 2.14 bits per heavy atom. The number of nitrogens with one attached hydrogen (secondary N) is 1. The molecule has 0 aromatic rings. The summed E-state index contributed by atoms with van der Waals surface area (Å²) in [6.07, 6.45) is 0.622. The van der Waals surface area contributed by atoms with Gasteiger partial charge in [-0.25, -0.2) is 0 Å². The second kappa shape index (κ2) is 4.29. The molecule has 0 aromatic carbocycles. The van der Waals surface area contributed by atoms with E-state index >= 15 is 0 Å². The van der Waals surface area contributed by atoms with Crippen LogP contribution in [-0.4, -0.2) is 35.6 Å². The summed E-state index contributed by atoms with van der Waals surface area (Å²) in [5, 5.41) is 12.2. The van der Waals surface area contributed by atoms with Gasteiger partial charge in [-0.05, 0) is 27.7 Å². The lowest BCUT2D eigenvalue weighted by molar-refractivity contribution is 0.0467. The molecule has 14 heavy (non-hydrogen) atoms. The first-order valence-electron chi connectivity index (χ1n) is 5.32. The van der Waals surface area contributed by atoms with Gasteiger partial charge in [-0.2, -0.15) is 5.26 Å². The topological polar surface area (TPSA) is 39.1 Å².